The van der Waals surface area contributed by atoms with Crippen molar-refractivity contribution < 1.29 is 17.9 Å². The molecule has 0 saturated carbocycles. The number of benzene rings is 1. The fraction of sp³-hybridized carbons (Fsp3) is 0.250. The normalized spacial score (nSPS) is 11.5. The van der Waals surface area contributed by atoms with Crippen LogP contribution >= 0.6 is 22.6 Å². The van der Waals surface area contributed by atoms with Crippen molar-refractivity contribution in [3.8, 4) is 5.75 Å². The summed E-state index contributed by atoms with van der Waals surface area (Å²) in [5.41, 5.74) is 6.15. The first kappa shape index (κ1) is 11.6. The van der Waals surface area contributed by atoms with Crippen molar-refractivity contribution in [3.05, 3.63) is 27.3 Å². The Morgan fingerprint density at radius 2 is 2.00 bits per heavy atom. The molecule has 0 aliphatic heterocycles. The van der Waals surface area contributed by atoms with Crippen LogP contribution in [-0.4, -0.2) is 6.36 Å². The van der Waals surface area contributed by atoms with Gasteiger partial charge in [-0.05, 0) is 40.3 Å². The lowest BCUT2D eigenvalue weighted by atomic mass is 10.2. The largest absolute Gasteiger partial charge is 0.573 e. The molecule has 1 rings (SSSR count). The van der Waals surface area contributed by atoms with Crippen molar-refractivity contribution >= 4 is 22.6 Å². The molecule has 0 amide bonds. The van der Waals surface area contributed by atoms with Crippen LogP contribution in [0.5, 0.6) is 5.75 Å². The van der Waals surface area contributed by atoms with Crippen LogP contribution in [0.25, 0.3) is 0 Å². The Kier molecular flexibility index (Phi) is 3.59. The Balaban J connectivity index is 2.87. The summed E-state index contributed by atoms with van der Waals surface area (Å²) in [6, 6.07) is 4.07. The van der Waals surface area contributed by atoms with E-state index in [9.17, 15) is 13.2 Å². The summed E-state index contributed by atoms with van der Waals surface area (Å²) in [5.74, 6) is -0.223. The number of ether oxygens (including phenoxy) is 1. The van der Waals surface area contributed by atoms with E-state index in [2.05, 4.69) is 4.74 Å². The van der Waals surface area contributed by atoms with Crippen molar-refractivity contribution in [3.63, 3.8) is 0 Å². The van der Waals surface area contributed by atoms with Gasteiger partial charge in [-0.15, -0.1) is 13.2 Å². The minimum atomic E-state index is -4.65. The molecule has 0 heterocycles. The highest BCUT2D eigenvalue weighted by Gasteiger charge is 2.31. The van der Waals surface area contributed by atoms with Gasteiger partial charge in [0.2, 0.25) is 0 Å². The van der Waals surface area contributed by atoms with E-state index in [1.165, 1.54) is 18.2 Å². The van der Waals surface area contributed by atoms with Gasteiger partial charge in [0, 0.05) is 10.1 Å². The zero-order valence-electron chi connectivity index (χ0n) is 6.94. The second-order valence-electron chi connectivity index (χ2n) is 2.51. The molecular formula is C8H7F3INO. The van der Waals surface area contributed by atoms with Crippen LogP contribution in [0.3, 0.4) is 0 Å². The van der Waals surface area contributed by atoms with Gasteiger partial charge in [0.25, 0.3) is 0 Å². The first-order valence-corrected chi connectivity index (χ1v) is 4.74. The quantitative estimate of drug-likeness (QED) is 0.851. The van der Waals surface area contributed by atoms with Crippen molar-refractivity contribution in [2.45, 2.75) is 12.9 Å². The van der Waals surface area contributed by atoms with Gasteiger partial charge in [0.1, 0.15) is 5.75 Å². The number of rotatable bonds is 2. The predicted molar refractivity (Wildman–Crippen MR) is 53.7 cm³/mol. The molecule has 0 saturated heterocycles. The maximum absolute atomic E-state index is 11.8. The smallest absolute Gasteiger partial charge is 0.406 e. The molecule has 2 N–H and O–H groups in total. The number of nitrogens with two attached hydrogens (primary N) is 1. The molecule has 2 nitrogen and oxygen atoms in total. The zero-order chi connectivity index (χ0) is 10.8. The summed E-state index contributed by atoms with van der Waals surface area (Å²) in [7, 11) is 0. The molecule has 1 aromatic carbocycles. The Hall–Kier alpha value is -0.500. The second-order valence-corrected chi connectivity index (χ2v) is 3.67. The van der Waals surface area contributed by atoms with Crippen molar-refractivity contribution in [2.75, 3.05) is 0 Å². The summed E-state index contributed by atoms with van der Waals surface area (Å²) in [5, 5.41) is 0. The Morgan fingerprint density at radius 3 is 2.43 bits per heavy atom. The summed E-state index contributed by atoms with van der Waals surface area (Å²) in [6.45, 7) is 0.296. The van der Waals surface area contributed by atoms with E-state index in [4.69, 9.17) is 5.73 Å². The van der Waals surface area contributed by atoms with Crippen molar-refractivity contribution in [2.24, 2.45) is 5.73 Å². The van der Waals surface area contributed by atoms with Gasteiger partial charge in [-0.1, -0.05) is 6.07 Å². The van der Waals surface area contributed by atoms with Gasteiger partial charge >= 0.3 is 6.36 Å². The maximum Gasteiger partial charge on any atom is 0.573 e. The third-order valence-electron chi connectivity index (χ3n) is 1.48. The molecule has 1 aromatic rings. The van der Waals surface area contributed by atoms with Crippen LogP contribution in [0.1, 0.15) is 5.56 Å². The molecule has 14 heavy (non-hydrogen) atoms. The summed E-state index contributed by atoms with van der Waals surface area (Å²) < 4.78 is 39.8. The maximum atomic E-state index is 11.8. The average Bonchev–Trinajstić information content (AvgIpc) is 2.01. The third-order valence-corrected chi connectivity index (χ3v) is 2.48. The van der Waals surface area contributed by atoms with Crippen LogP contribution in [0.2, 0.25) is 0 Å². The fourth-order valence-corrected chi connectivity index (χ4v) is 1.60. The average molecular weight is 317 g/mol. The highest BCUT2D eigenvalue weighted by Crippen LogP contribution is 2.25. The molecule has 0 spiro atoms. The number of hydrogen-bond donors (Lipinski definition) is 1. The molecule has 0 atom stereocenters. The predicted octanol–water partition coefficient (Wildman–Crippen LogP) is 2.65. The lowest BCUT2D eigenvalue weighted by molar-refractivity contribution is -0.274. The van der Waals surface area contributed by atoms with E-state index in [0.29, 0.717) is 10.1 Å². The minimum absolute atomic E-state index is 0.223. The topological polar surface area (TPSA) is 35.2 Å². The van der Waals surface area contributed by atoms with E-state index < -0.39 is 6.36 Å². The summed E-state index contributed by atoms with van der Waals surface area (Å²) >= 11 is 1.91. The van der Waals surface area contributed by atoms with Gasteiger partial charge in [0.05, 0.1) is 0 Å². The highest BCUT2D eigenvalue weighted by atomic mass is 127. The van der Waals surface area contributed by atoms with E-state index in [-0.39, 0.29) is 5.75 Å². The SMILES string of the molecule is NCc1ccc(OC(F)(F)F)cc1I. The summed E-state index contributed by atoms with van der Waals surface area (Å²) in [6.07, 6.45) is -4.65. The third kappa shape index (κ3) is 3.33. The van der Waals surface area contributed by atoms with Gasteiger partial charge < -0.3 is 10.5 Å². The molecule has 0 aliphatic carbocycles. The highest BCUT2D eigenvalue weighted by molar-refractivity contribution is 14.1. The van der Waals surface area contributed by atoms with Gasteiger partial charge in [0.15, 0.2) is 0 Å². The first-order valence-electron chi connectivity index (χ1n) is 3.66. The van der Waals surface area contributed by atoms with Crippen molar-refractivity contribution in [1.82, 2.24) is 0 Å². The van der Waals surface area contributed by atoms with E-state index >= 15 is 0 Å². The Morgan fingerprint density at radius 1 is 1.36 bits per heavy atom. The fourth-order valence-electron chi connectivity index (χ4n) is 0.891. The second kappa shape index (κ2) is 4.35. The van der Waals surface area contributed by atoms with Crippen LogP contribution in [0.15, 0.2) is 18.2 Å². The Bertz CT molecular complexity index is 327. The standard InChI is InChI=1S/C8H7F3INO/c9-8(10,11)14-6-2-1-5(4-13)7(12)3-6/h1-3H,4,13H2. The molecule has 0 radical (unpaired) electrons. The van der Waals surface area contributed by atoms with E-state index in [1.807, 2.05) is 22.6 Å². The minimum Gasteiger partial charge on any atom is -0.406 e. The number of hydrogen-bond acceptors (Lipinski definition) is 2. The van der Waals surface area contributed by atoms with Gasteiger partial charge in [-0.25, -0.2) is 0 Å². The van der Waals surface area contributed by atoms with Crippen LogP contribution in [0, 0.1) is 3.57 Å². The Labute approximate surface area is 92.4 Å². The molecule has 0 aliphatic rings. The monoisotopic (exact) mass is 317 g/mol. The van der Waals surface area contributed by atoms with E-state index in [0.717, 1.165) is 5.56 Å². The number of halogens is 4. The lowest BCUT2D eigenvalue weighted by Gasteiger charge is -2.10. The molecule has 0 unspecified atom stereocenters. The first-order chi connectivity index (χ1) is 6.42. The lowest BCUT2D eigenvalue weighted by Crippen LogP contribution is -2.17. The number of alkyl halides is 3. The summed E-state index contributed by atoms with van der Waals surface area (Å²) in [4.78, 5) is 0. The zero-order valence-corrected chi connectivity index (χ0v) is 9.09. The van der Waals surface area contributed by atoms with Crippen LogP contribution in [0.4, 0.5) is 13.2 Å². The van der Waals surface area contributed by atoms with Crippen LogP contribution < -0.4 is 10.5 Å². The molecule has 0 fully saturated rings. The molecule has 6 heteroatoms. The molecular weight excluding hydrogens is 310 g/mol. The molecule has 0 bridgehead atoms. The molecule has 0 aromatic heterocycles. The van der Waals surface area contributed by atoms with Gasteiger partial charge in [-0.2, -0.15) is 0 Å². The van der Waals surface area contributed by atoms with Crippen molar-refractivity contribution in [1.29, 1.82) is 0 Å². The van der Waals surface area contributed by atoms with Crippen LogP contribution in [-0.2, 0) is 6.54 Å². The van der Waals surface area contributed by atoms with Gasteiger partial charge in [-0.3, -0.25) is 0 Å². The van der Waals surface area contributed by atoms with E-state index in [1.54, 1.807) is 0 Å². The molecule has 78 valence electrons.